The molecule has 0 atom stereocenters. The van der Waals surface area contributed by atoms with Gasteiger partial charge in [0.05, 0.1) is 15.1 Å². The quantitative estimate of drug-likeness (QED) is 0.501. The van der Waals surface area contributed by atoms with E-state index < -0.39 is 6.79 Å². The summed E-state index contributed by atoms with van der Waals surface area (Å²) in [6, 6.07) is 0. The monoisotopic (exact) mass is 294 g/mol. The van der Waals surface area contributed by atoms with E-state index in [0.717, 1.165) is 0 Å². The van der Waals surface area contributed by atoms with Crippen LogP contribution < -0.4 is 4.74 Å². The van der Waals surface area contributed by atoms with Crippen LogP contribution in [0.25, 0.3) is 0 Å². The van der Waals surface area contributed by atoms with Gasteiger partial charge in [0, 0.05) is 0 Å². The number of ether oxygens (including phenoxy) is 1. The van der Waals surface area contributed by atoms with Gasteiger partial charge < -0.3 is 9.84 Å². The van der Waals surface area contributed by atoms with Crippen LogP contribution in [0, 0.1) is 0 Å². The third-order valence-electron chi connectivity index (χ3n) is 1.38. The maximum absolute atomic E-state index is 8.56. The van der Waals surface area contributed by atoms with Crippen molar-refractivity contribution in [3.63, 3.8) is 0 Å². The van der Waals surface area contributed by atoms with E-state index in [1.54, 1.807) is 0 Å². The fourth-order valence-corrected chi connectivity index (χ4v) is 2.01. The van der Waals surface area contributed by atoms with Crippen LogP contribution in [-0.4, -0.2) is 11.9 Å². The molecule has 0 aliphatic rings. The van der Waals surface area contributed by atoms with Gasteiger partial charge in [-0.1, -0.05) is 58.0 Å². The van der Waals surface area contributed by atoms with Crippen molar-refractivity contribution in [2.75, 3.05) is 6.79 Å². The minimum absolute atomic E-state index is 0.00948. The van der Waals surface area contributed by atoms with Crippen molar-refractivity contribution >= 4 is 58.0 Å². The van der Waals surface area contributed by atoms with Crippen LogP contribution in [0.15, 0.2) is 0 Å². The first-order valence-electron chi connectivity index (χ1n) is 3.25. The molecule has 0 amide bonds. The zero-order chi connectivity index (χ0) is 10.9. The number of halogens is 5. The van der Waals surface area contributed by atoms with E-state index in [9.17, 15) is 0 Å². The maximum atomic E-state index is 8.56. The Morgan fingerprint density at radius 1 is 0.786 bits per heavy atom. The average Bonchev–Trinajstić information content (AvgIpc) is 2.19. The normalized spacial score (nSPS) is 10.4. The van der Waals surface area contributed by atoms with E-state index in [1.165, 1.54) is 0 Å². The lowest BCUT2D eigenvalue weighted by Crippen LogP contribution is -1.97. The molecular formula is C7H3Cl5O2. The number of hydrogen-bond acceptors (Lipinski definition) is 2. The third kappa shape index (κ3) is 2.16. The molecule has 1 aromatic rings. The Bertz CT molecular complexity index is 337. The molecule has 0 heterocycles. The first kappa shape index (κ1) is 12.5. The topological polar surface area (TPSA) is 29.5 Å². The van der Waals surface area contributed by atoms with E-state index in [2.05, 4.69) is 0 Å². The van der Waals surface area contributed by atoms with E-state index >= 15 is 0 Å². The molecule has 7 heteroatoms. The molecule has 0 spiro atoms. The Hall–Kier alpha value is 0.430. The number of aliphatic hydroxyl groups excluding tert-OH is 1. The molecular weight excluding hydrogens is 293 g/mol. The smallest absolute Gasteiger partial charge is 0.186 e. The van der Waals surface area contributed by atoms with Gasteiger partial charge in [0.15, 0.2) is 12.5 Å². The first-order valence-corrected chi connectivity index (χ1v) is 5.14. The Kier molecular flexibility index (Phi) is 4.44. The van der Waals surface area contributed by atoms with E-state index in [4.69, 9.17) is 67.8 Å². The highest BCUT2D eigenvalue weighted by Crippen LogP contribution is 2.47. The summed E-state index contributed by atoms with van der Waals surface area (Å²) in [7, 11) is 0. The van der Waals surface area contributed by atoms with Crippen LogP contribution in [-0.2, 0) is 0 Å². The molecule has 14 heavy (non-hydrogen) atoms. The van der Waals surface area contributed by atoms with Crippen molar-refractivity contribution in [1.82, 2.24) is 0 Å². The molecule has 0 aromatic heterocycles. The molecule has 1 rings (SSSR count). The predicted octanol–water partition coefficient (Wildman–Crippen LogP) is 4.28. The molecule has 1 aromatic carbocycles. The van der Waals surface area contributed by atoms with Gasteiger partial charge >= 0.3 is 0 Å². The Morgan fingerprint density at radius 2 is 1.14 bits per heavy atom. The second kappa shape index (κ2) is 4.97. The standard InChI is InChI=1S/C7H3Cl5O2/c8-2-3(9)5(11)7(14-1-13)6(12)4(2)10/h13H,1H2. The highest BCUT2D eigenvalue weighted by molar-refractivity contribution is 6.55. The van der Waals surface area contributed by atoms with Crippen molar-refractivity contribution < 1.29 is 9.84 Å². The molecule has 0 saturated carbocycles. The number of rotatable bonds is 2. The fourth-order valence-electron chi connectivity index (χ4n) is 0.776. The summed E-state index contributed by atoms with van der Waals surface area (Å²) in [6.45, 7) is -0.590. The summed E-state index contributed by atoms with van der Waals surface area (Å²) in [5.41, 5.74) is 0. The lowest BCUT2D eigenvalue weighted by Gasteiger charge is -2.11. The number of benzene rings is 1. The molecule has 0 saturated heterocycles. The second-order valence-corrected chi connectivity index (χ2v) is 4.06. The van der Waals surface area contributed by atoms with Gasteiger partial charge in [-0.05, 0) is 0 Å². The van der Waals surface area contributed by atoms with Crippen LogP contribution >= 0.6 is 58.0 Å². The van der Waals surface area contributed by atoms with Crippen LogP contribution in [0.3, 0.4) is 0 Å². The zero-order valence-corrected chi connectivity index (χ0v) is 10.2. The van der Waals surface area contributed by atoms with Gasteiger partial charge in [-0.3, -0.25) is 0 Å². The predicted molar refractivity (Wildman–Crippen MR) is 59.2 cm³/mol. The molecule has 0 aliphatic heterocycles. The van der Waals surface area contributed by atoms with Crippen LogP contribution in [0.2, 0.25) is 25.1 Å². The number of aliphatic hydroxyl groups is 1. The Balaban J connectivity index is 3.43. The van der Waals surface area contributed by atoms with Crippen LogP contribution in [0.5, 0.6) is 5.75 Å². The zero-order valence-electron chi connectivity index (χ0n) is 6.45. The van der Waals surface area contributed by atoms with E-state index in [0.29, 0.717) is 0 Å². The minimum atomic E-state index is -0.590. The third-order valence-corrected chi connectivity index (χ3v) is 3.62. The van der Waals surface area contributed by atoms with Crippen molar-refractivity contribution in [2.45, 2.75) is 0 Å². The SMILES string of the molecule is OCOc1c(Cl)c(Cl)c(Cl)c(Cl)c1Cl. The average molecular weight is 296 g/mol. The first-order chi connectivity index (χ1) is 6.50. The summed E-state index contributed by atoms with van der Waals surface area (Å²) < 4.78 is 4.75. The van der Waals surface area contributed by atoms with Crippen molar-refractivity contribution in [3.05, 3.63) is 25.1 Å². The highest BCUT2D eigenvalue weighted by atomic mass is 35.5. The van der Waals surface area contributed by atoms with Crippen molar-refractivity contribution in [1.29, 1.82) is 0 Å². The van der Waals surface area contributed by atoms with E-state index in [-0.39, 0.29) is 30.9 Å². The van der Waals surface area contributed by atoms with Crippen LogP contribution in [0.4, 0.5) is 0 Å². The highest BCUT2D eigenvalue weighted by Gasteiger charge is 2.20. The molecule has 0 bridgehead atoms. The molecule has 78 valence electrons. The molecule has 2 nitrogen and oxygen atoms in total. The van der Waals surface area contributed by atoms with Gasteiger partial charge in [0.1, 0.15) is 10.0 Å². The van der Waals surface area contributed by atoms with Crippen molar-refractivity contribution in [3.8, 4) is 5.75 Å². The summed E-state index contributed by atoms with van der Waals surface area (Å²) in [5.74, 6) is 0.00948. The van der Waals surface area contributed by atoms with Gasteiger partial charge in [-0.15, -0.1) is 0 Å². The largest absolute Gasteiger partial charge is 0.465 e. The molecule has 0 radical (unpaired) electrons. The molecule has 1 N–H and O–H groups in total. The van der Waals surface area contributed by atoms with Crippen molar-refractivity contribution in [2.24, 2.45) is 0 Å². The van der Waals surface area contributed by atoms with Gasteiger partial charge in [0.25, 0.3) is 0 Å². The number of hydrogen-bond donors (Lipinski definition) is 1. The second-order valence-electron chi connectivity index (χ2n) is 2.17. The summed E-state index contributed by atoms with van der Waals surface area (Å²) in [6.07, 6.45) is 0. The fraction of sp³-hybridized carbons (Fsp3) is 0.143. The summed E-state index contributed by atoms with van der Waals surface area (Å²) in [5, 5.41) is 8.71. The Morgan fingerprint density at radius 3 is 1.50 bits per heavy atom. The lowest BCUT2D eigenvalue weighted by atomic mass is 10.3. The van der Waals surface area contributed by atoms with Crippen LogP contribution in [0.1, 0.15) is 0 Å². The summed E-state index contributed by atoms with van der Waals surface area (Å²) >= 11 is 28.7. The summed E-state index contributed by atoms with van der Waals surface area (Å²) in [4.78, 5) is 0. The Labute approximate surface area is 105 Å². The lowest BCUT2D eigenvalue weighted by molar-refractivity contribution is 0.0987. The van der Waals surface area contributed by atoms with E-state index in [1.807, 2.05) is 0 Å². The maximum Gasteiger partial charge on any atom is 0.186 e. The molecule has 0 aliphatic carbocycles. The van der Waals surface area contributed by atoms with Gasteiger partial charge in [-0.2, -0.15) is 0 Å². The van der Waals surface area contributed by atoms with Gasteiger partial charge in [0.2, 0.25) is 0 Å². The molecule has 0 unspecified atom stereocenters. The minimum Gasteiger partial charge on any atom is -0.465 e. The molecule has 0 fully saturated rings. The van der Waals surface area contributed by atoms with Gasteiger partial charge in [-0.25, -0.2) is 0 Å².